The van der Waals surface area contributed by atoms with E-state index >= 15 is 0 Å². The molecule has 0 aliphatic carbocycles. The average Bonchev–Trinajstić information content (AvgIpc) is 2.42. The normalized spacial score (nSPS) is 13.2. The molecule has 1 atom stereocenters. The van der Waals surface area contributed by atoms with E-state index in [1.165, 1.54) is 6.42 Å². The van der Waals surface area contributed by atoms with Crippen LogP contribution in [0.2, 0.25) is 0 Å². The minimum Gasteiger partial charge on any atom is -0.309 e. The molecule has 20 heavy (non-hydrogen) atoms. The van der Waals surface area contributed by atoms with Crippen molar-refractivity contribution < 1.29 is 4.39 Å². The van der Waals surface area contributed by atoms with Gasteiger partial charge in [-0.3, -0.25) is 0 Å². The van der Waals surface area contributed by atoms with Crippen LogP contribution in [0.3, 0.4) is 0 Å². The monoisotopic (exact) mass is 280 g/mol. The average molecular weight is 280 g/mol. The van der Waals surface area contributed by atoms with Gasteiger partial charge >= 0.3 is 0 Å². The number of hydrogen-bond donors (Lipinski definition) is 1. The van der Waals surface area contributed by atoms with Crippen molar-refractivity contribution >= 4 is 0 Å². The molecular formula is C17H29FN2. The van der Waals surface area contributed by atoms with Gasteiger partial charge in [0, 0.05) is 18.2 Å². The molecule has 0 heterocycles. The number of nitrogens with zero attached hydrogens (tertiary/aromatic N) is 1. The Morgan fingerprint density at radius 1 is 1.25 bits per heavy atom. The molecule has 0 amide bonds. The van der Waals surface area contributed by atoms with E-state index in [0.29, 0.717) is 5.92 Å². The Labute approximate surface area is 123 Å². The second kappa shape index (κ2) is 9.09. The van der Waals surface area contributed by atoms with E-state index in [2.05, 4.69) is 38.0 Å². The number of halogens is 1. The Bertz CT molecular complexity index is 379. The quantitative estimate of drug-likeness (QED) is 0.739. The van der Waals surface area contributed by atoms with Crippen LogP contribution in [0.25, 0.3) is 0 Å². The van der Waals surface area contributed by atoms with Crippen LogP contribution in [0.5, 0.6) is 0 Å². The molecule has 114 valence electrons. The number of rotatable bonds is 9. The highest BCUT2D eigenvalue weighted by molar-refractivity contribution is 5.21. The van der Waals surface area contributed by atoms with Gasteiger partial charge in [-0.05, 0) is 45.0 Å². The molecule has 2 nitrogen and oxygen atoms in total. The Balaban J connectivity index is 2.67. The lowest BCUT2D eigenvalue weighted by molar-refractivity contribution is 0.272. The van der Waals surface area contributed by atoms with Gasteiger partial charge in [-0.2, -0.15) is 0 Å². The minimum atomic E-state index is -0.113. The summed E-state index contributed by atoms with van der Waals surface area (Å²) < 4.78 is 14.0. The topological polar surface area (TPSA) is 15.3 Å². The summed E-state index contributed by atoms with van der Waals surface area (Å²) in [5, 5.41) is 3.46. The zero-order valence-corrected chi connectivity index (χ0v) is 13.3. The van der Waals surface area contributed by atoms with Crippen molar-refractivity contribution in [2.45, 2.75) is 39.7 Å². The van der Waals surface area contributed by atoms with Gasteiger partial charge < -0.3 is 10.2 Å². The van der Waals surface area contributed by atoms with Crippen LogP contribution in [0.4, 0.5) is 4.39 Å². The lowest BCUT2D eigenvalue weighted by atomic mass is 10.0. The molecule has 0 aromatic heterocycles. The Morgan fingerprint density at radius 3 is 2.55 bits per heavy atom. The molecule has 0 aliphatic heterocycles. The third-order valence-corrected chi connectivity index (χ3v) is 3.50. The van der Waals surface area contributed by atoms with Crippen molar-refractivity contribution in [1.82, 2.24) is 10.2 Å². The summed E-state index contributed by atoms with van der Waals surface area (Å²) in [5.74, 6) is 0.589. The molecule has 0 saturated heterocycles. The van der Waals surface area contributed by atoms with E-state index in [-0.39, 0.29) is 11.9 Å². The first-order valence-electron chi connectivity index (χ1n) is 7.71. The Morgan fingerprint density at radius 2 is 1.95 bits per heavy atom. The summed E-state index contributed by atoms with van der Waals surface area (Å²) in [7, 11) is 2.11. The molecule has 1 aromatic rings. The highest BCUT2D eigenvalue weighted by Crippen LogP contribution is 2.18. The van der Waals surface area contributed by atoms with Gasteiger partial charge in [0.1, 0.15) is 5.82 Å². The zero-order chi connectivity index (χ0) is 15.0. The number of likely N-dealkylation sites (N-methyl/N-ethyl adjacent to an activating group) is 1. The summed E-state index contributed by atoms with van der Waals surface area (Å²) in [5.41, 5.74) is 0.775. The predicted molar refractivity (Wildman–Crippen MR) is 84.4 cm³/mol. The largest absolute Gasteiger partial charge is 0.309 e. The second-order valence-corrected chi connectivity index (χ2v) is 5.97. The van der Waals surface area contributed by atoms with Crippen molar-refractivity contribution in [1.29, 1.82) is 0 Å². The van der Waals surface area contributed by atoms with Crippen molar-refractivity contribution in [2.24, 2.45) is 5.92 Å². The van der Waals surface area contributed by atoms with Crippen LogP contribution in [-0.4, -0.2) is 31.6 Å². The fraction of sp³-hybridized carbons (Fsp3) is 0.647. The van der Waals surface area contributed by atoms with Crippen LogP contribution >= 0.6 is 0 Å². The minimum absolute atomic E-state index is 0.0633. The molecule has 0 radical (unpaired) electrons. The molecule has 0 fully saturated rings. The third kappa shape index (κ3) is 6.02. The van der Waals surface area contributed by atoms with E-state index < -0.39 is 0 Å². The van der Waals surface area contributed by atoms with Crippen molar-refractivity contribution in [3.8, 4) is 0 Å². The number of benzene rings is 1. The van der Waals surface area contributed by atoms with Gasteiger partial charge in [0.15, 0.2) is 0 Å². The van der Waals surface area contributed by atoms with Crippen LogP contribution in [0, 0.1) is 11.7 Å². The highest BCUT2D eigenvalue weighted by atomic mass is 19.1. The highest BCUT2D eigenvalue weighted by Gasteiger charge is 2.16. The van der Waals surface area contributed by atoms with Gasteiger partial charge in [-0.1, -0.05) is 39.0 Å². The van der Waals surface area contributed by atoms with Gasteiger partial charge in [-0.25, -0.2) is 4.39 Å². The van der Waals surface area contributed by atoms with Crippen molar-refractivity contribution in [3.05, 3.63) is 35.6 Å². The van der Waals surface area contributed by atoms with Gasteiger partial charge in [0.05, 0.1) is 0 Å². The molecule has 1 unspecified atom stereocenters. The third-order valence-electron chi connectivity index (χ3n) is 3.50. The van der Waals surface area contributed by atoms with Crippen LogP contribution in [0.15, 0.2) is 24.3 Å². The first-order chi connectivity index (χ1) is 9.54. The molecular weight excluding hydrogens is 251 g/mol. The molecule has 1 N–H and O–H groups in total. The first kappa shape index (κ1) is 17.1. The van der Waals surface area contributed by atoms with E-state index in [4.69, 9.17) is 0 Å². The maximum Gasteiger partial charge on any atom is 0.128 e. The lowest BCUT2D eigenvalue weighted by Crippen LogP contribution is -2.34. The molecule has 0 aliphatic rings. The SMILES string of the molecule is CCCNC(CN(C)CCC(C)C)c1ccccc1F. The molecule has 1 aromatic carbocycles. The summed E-state index contributed by atoms with van der Waals surface area (Å²) in [6, 6.07) is 7.15. The molecule has 1 rings (SSSR count). The molecule has 3 heteroatoms. The fourth-order valence-electron chi connectivity index (χ4n) is 2.23. The summed E-state index contributed by atoms with van der Waals surface area (Å²) >= 11 is 0. The number of hydrogen-bond acceptors (Lipinski definition) is 2. The second-order valence-electron chi connectivity index (χ2n) is 5.97. The van der Waals surface area contributed by atoms with E-state index in [0.717, 1.165) is 31.6 Å². The maximum absolute atomic E-state index is 14.0. The molecule has 0 spiro atoms. The molecule has 0 bridgehead atoms. The van der Waals surface area contributed by atoms with E-state index in [9.17, 15) is 4.39 Å². The van der Waals surface area contributed by atoms with Gasteiger partial charge in [-0.15, -0.1) is 0 Å². The summed E-state index contributed by atoms with van der Waals surface area (Å²) in [6.07, 6.45) is 2.23. The van der Waals surface area contributed by atoms with Crippen LogP contribution in [-0.2, 0) is 0 Å². The van der Waals surface area contributed by atoms with Gasteiger partial charge in [0.2, 0.25) is 0 Å². The van der Waals surface area contributed by atoms with Gasteiger partial charge in [0.25, 0.3) is 0 Å². The summed E-state index contributed by atoms with van der Waals surface area (Å²) in [6.45, 7) is 9.41. The number of nitrogens with one attached hydrogen (secondary N) is 1. The van der Waals surface area contributed by atoms with Crippen LogP contribution in [0.1, 0.15) is 45.2 Å². The fourth-order valence-corrected chi connectivity index (χ4v) is 2.23. The standard InChI is InChI=1S/C17H29FN2/c1-5-11-19-17(13-20(4)12-10-14(2)3)15-8-6-7-9-16(15)18/h6-9,14,17,19H,5,10-13H2,1-4H3. The summed E-state index contributed by atoms with van der Waals surface area (Å²) in [4.78, 5) is 2.29. The maximum atomic E-state index is 14.0. The first-order valence-corrected chi connectivity index (χ1v) is 7.71. The lowest BCUT2D eigenvalue weighted by Gasteiger charge is -2.26. The van der Waals surface area contributed by atoms with E-state index in [1.54, 1.807) is 12.1 Å². The smallest absolute Gasteiger partial charge is 0.128 e. The Hall–Kier alpha value is -0.930. The van der Waals surface area contributed by atoms with Crippen molar-refractivity contribution in [2.75, 3.05) is 26.7 Å². The zero-order valence-electron chi connectivity index (χ0n) is 13.3. The predicted octanol–water partition coefficient (Wildman–Crippen LogP) is 3.84. The van der Waals surface area contributed by atoms with Crippen molar-refractivity contribution in [3.63, 3.8) is 0 Å². The Kier molecular flexibility index (Phi) is 7.78. The van der Waals surface area contributed by atoms with Crippen LogP contribution < -0.4 is 5.32 Å². The van der Waals surface area contributed by atoms with E-state index in [1.807, 2.05) is 12.1 Å². The molecule has 0 saturated carbocycles.